The van der Waals surface area contributed by atoms with Crippen LogP contribution in [0.15, 0.2) is 0 Å². The molecule has 0 rings (SSSR count). The van der Waals surface area contributed by atoms with E-state index in [9.17, 15) is 9.59 Å². The Bertz CT molecular complexity index is 169. The molecule has 0 heterocycles. The average Bonchev–Trinajstić information content (AvgIpc) is 1.97. The minimum absolute atomic E-state index is 0.0757. The first-order valence-electron chi connectivity index (χ1n) is 3.74. The van der Waals surface area contributed by atoms with Crippen molar-refractivity contribution in [3.63, 3.8) is 0 Å². The molecule has 70 valence electrons. The van der Waals surface area contributed by atoms with E-state index >= 15 is 0 Å². The van der Waals surface area contributed by atoms with E-state index in [4.69, 9.17) is 15.9 Å². The molecule has 0 spiro atoms. The summed E-state index contributed by atoms with van der Waals surface area (Å²) in [6.07, 6.45) is 1.44. The Morgan fingerprint density at radius 2 is 1.83 bits per heavy atom. The van der Waals surface area contributed by atoms with Crippen molar-refractivity contribution in [3.8, 4) is 0 Å². The van der Waals surface area contributed by atoms with Gasteiger partial charge in [-0.2, -0.15) is 0 Å². The van der Waals surface area contributed by atoms with Crippen molar-refractivity contribution in [2.24, 2.45) is 5.73 Å². The van der Waals surface area contributed by atoms with E-state index in [2.05, 4.69) is 0 Å². The fourth-order valence-corrected chi connectivity index (χ4v) is 0.764. The van der Waals surface area contributed by atoms with E-state index in [1.54, 1.807) is 0 Å². The maximum Gasteiger partial charge on any atom is 0.320 e. The number of aliphatic carboxylic acids is 2. The van der Waals surface area contributed by atoms with E-state index < -0.39 is 18.0 Å². The van der Waals surface area contributed by atoms with Crippen LogP contribution in [0.4, 0.5) is 0 Å². The fraction of sp³-hybridized carbons (Fsp3) is 0.714. The number of unbranched alkanes of at least 4 members (excludes halogenated alkanes) is 1. The Hall–Kier alpha value is -1.10. The molecule has 0 aromatic rings. The van der Waals surface area contributed by atoms with Gasteiger partial charge in [0.05, 0.1) is 0 Å². The van der Waals surface area contributed by atoms with Gasteiger partial charge in [0.2, 0.25) is 0 Å². The van der Waals surface area contributed by atoms with Crippen molar-refractivity contribution in [2.75, 3.05) is 0 Å². The number of nitrogens with two attached hydrogens (primary N) is 1. The summed E-state index contributed by atoms with van der Waals surface area (Å²) in [6, 6.07) is -0.862. The Balaban J connectivity index is 3.31. The lowest BCUT2D eigenvalue weighted by atomic mass is 10.1. The van der Waals surface area contributed by atoms with E-state index in [-0.39, 0.29) is 6.42 Å². The van der Waals surface area contributed by atoms with Crippen molar-refractivity contribution < 1.29 is 19.8 Å². The second-order valence-electron chi connectivity index (χ2n) is 2.58. The molecular formula is C7H13NO4. The minimum Gasteiger partial charge on any atom is -0.481 e. The number of carboxylic acids is 2. The second kappa shape index (κ2) is 5.54. The predicted octanol–water partition coefficient (Wildman–Crippen LogP) is 0.0433. The number of hydrogen-bond donors (Lipinski definition) is 3. The van der Waals surface area contributed by atoms with Gasteiger partial charge in [-0.3, -0.25) is 9.59 Å². The first-order valence-corrected chi connectivity index (χ1v) is 3.74. The van der Waals surface area contributed by atoms with Gasteiger partial charge in [-0.25, -0.2) is 0 Å². The predicted molar refractivity (Wildman–Crippen MR) is 41.7 cm³/mol. The van der Waals surface area contributed by atoms with E-state index in [1.165, 1.54) is 0 Å². The Morgan fingerprint density at radius 3 is 2.25 bits per heavy atom. The molecule has 0 unspecified atom stereocenters. The van der Waals surface area contributed by atoms with Gasteiger partial charge < -0.3 is 15.9 Å². The SMILES string of the molecule is N[C@H](CCCCC(=O)O)C(=O)O. The molecule has 0 saturated carbocycles. The number of hydrogen-bond acceptors (Lipinski definition) is 3. The smallest absolute Gasteiger partial charge is 0.320 e. The molecule has 0 aliphatic heterocycles. The number of carboxylic acid groups (broad SMARTS) is 2. The molecule has 0 amide bonds. The summed E-state index contributed by atoms with van der Waals surface area (Å²) >= 11 is 0. The van der Waals surface area contributed by atoms with Gasteiger partial charge in [-0.05, 0) is 12.8 Å². The van der Waals surface area contributed by atoms with Crippen molar-refractivity contribution in [2.45, 2.75) is 31.7 Å². The molecule has 4 N–H and O–H groups in total. The van der Waals surface area contributed by atoms with Crippen LogP contribution in [-0.2, 0) is 9.59 Å². The van der Waals surface area contributed by atoms with Crippen LogP contribution in [0.3, 0.4) is 0 Å². The molecule has 0 fully saturated rings. The van der Waals surface area contributed by atoms with E-state index in [1.807, 2.05) is 0 Å². The summed E-state index contributed by atoms with van der Waals surface area (Å²) < 4.78 is 0. The summed E-state index contributed by atoms with van der Waals surface area (Å²) in [5, 5.41) is 16.6. The van der Waals surface area contributed by atoms with Gasteiger partial charge in [0.1, 0.15) is 6.04 Å². The minimum atomic E-state index is -1.04. The lowest BCUT2D eigenvalue weighted by Gasteiger charge is -2.03. The average molecular weight is 175 g/mol. The van der Waals surface area contributed by atoms with Gasteiger partial charge >= 0.3 is 11.9 Å². The molecule has 1 atom stereocenters. The van der Waals surface area contributed by atoms with E-state index in [0.29, 0.717) is 19.3 Å². The first kappa shape index (κ1) is 10.9. The van der Waals surface area contributed by atoms with Gasteiger partial charge in [0, 0.05) is 6.42 Å². The van der Waals surface area contributed by atoms with Gasteiger partial charge in [-0.15, -0.1) is 0 Å². The molecular weight excluding hydrogens is 162 g/mol. The fourth-order valence-electron chi connectivity index (χ4n) is 0.764. The summed E-state index contributed by atoms with van der Waals surface area (Å²) in [5.74, 6) is -1.90. The molecule has 0 radical (unpaired) electrons. The molecule has 0 aromatic carbocycles. The van der Waals surface area contributed by atoms with Crippen molar-refractivity contribution in [3.05, 3.63) is 0 Å². The monoisotopic (exact) mass is 175 g/mol. The standard InChI is InChI=1S/C7H13NO4/c8-5(7(11)12)3-1-2-4-6(9)10/h5H,1-4,8H2,(H,9,10)(H,11,12)/t5-/m1/s1. The van der Waals surface area contributed by atoms with Gasteiger partial charge in [0.25, 0.3) is 0 Å². The third-order valence-electron chi connectivity index (χ3n) is 1.47. The first-order chi connectivity index (χ1) is 5.54. The maximum atomic E-state index is 10.2. The zero-order valence-corrected chi connectivity index (χ0v) is 6.69. The lowest BCUT2D eigenvalue weighted by molar-refractivity contribution is -0.138. The Kier molecular flexibility index (Phi) is 5.03. The number of rotatable bonds is 6. The molecule has 5 nitrogen and oxygen atoms in total. The van der Waals surface area contributed by atoms with Gasteiger partial charge in [-0.1, -0.05) is 6.42 Å². The van der Waals surface area contributed by atoms with Crippen LogP contribution in [0.5, 0.6) is 0 Å². The summed E-state index contributed by atoms with van der Waals surface area (Å²) in [4.78, 5) is 20.2. The molecule has 0 bridgehead atoms. The zero-order valence-electron chi connectivity index (χ0n) is 6.69. The normalized spacial score (nSPS) is 12.4. The van der Waals surface area contributed by atoms with Crippen molar-refractivity contribution >= 4 is 11.9 Å². The molecule has 12 heavy (non-hydrogen) atoms. The summed E-state index contributed by atoms with van der Waals surface area (Å²) in [7, 11) is 0. The quantitative estimate of drug-likeness (QED) is 0.495. The van der Waals surface area contributed by atoms with Crippen LogP contribution in [0, 0.1) is 0 Å². The highest BCUT2D eigenvalue weighted by Crippen LogP contribution is 2.02. The van der Waals surface area contributed by atoms with Crippen LogP contribution in [0.1, 0.15) is 25.7 Å². The largest absolute Gasteiger partial charge is 0.481 e. The van der Waals surface area contributed by atoms with Gasteiger partial charge in [0.15, 0.2) is 0 Å². The van der Waals surface area contributed by atoms with Crippen LogP contribution in [-0.4, -0.2) is 28.2 Å². The molecule has 0 aliphatic carbocycles. The molecule has 0 aliphatic rings. The van der Waals surface area contributed by atoms with Crippen molar-refractivity contribution in [1.29, 1.82) is 0 Å². The molecule has 5 heteroatoms. The summed E-state index contributed by atoms with van der Waals surface area (Å²) in [6.45, 7) is 0. The van der Waals surface area contributed by atoms with Crippen LogP contribution < -0.4 is 5.73 Å². The molecule has 0 aromatic heterocycles. The summed E-state index contributed by atoms with van der Waals surface area (Å²) in [5.41, 5.74) is 5.19. The van der Waals surface area contributed by atoms with Crippen LogP contribution in [0.25, 0.3) is 0 Å². The number of carbonyl (C=O) groups is 2. The highest BCUT2D eigenvalue weighted by molar-refractivity contribution is 5.73. The third-order valence-corrected chi connectivity index (χ3v) is 1.47. The zero-order chi connectivity index (χ0) is 9.56. The highest BCUT2D eigenvalue weighted by atomic mass is 16.4. The van der Waals surface area contributed by atoms with Crippen LogP contribution in [0.2, 0.25) is 0 Å². The molecule has 0 saturated heterocycles. The maximum absolute atomic E-state index is 10.2. The van der Waals surface area contributed by atoms with Crippen molar-refractivity contribution in [1.82, 2.24) is 0 Å². The van der Waals surface area contributed by atoms with Crippen LogP contribution >= 0.6 is 0 Å². The Labute approximate surface area is 70.2 Å². The lowest BCUT2D eigenvalue weighted by Crippen LogP contribution is -2.29. The Morgan fingerprint density at radius 1 is 1.25 bits per heavy atom. The topological polar surface area (TPSA) is 101 Å². The van der Waals surface area contributed by atoms with E-state index in [0.717, 1.165) is 0 Å². The highest BCUT2D eigenvalue weighted by Gasteiger charge is 2.10. The second-order valence-corrected chi connectivity index (χ2v) is 2.58. The third kappa shape index (κ3) is 5.67.